The van der Waals surface area contributed by atoms with Crippen molar-refractivity contribution in [3.63, 3.8) is 0 Å². The van der Waals surface area contributed by atoms with Gasteiger partial charge in [0, 0.05) is 6.42 Å². The highest BCUT2D eigenvalue weighted by Gasteiger charge is 2.55. The van der Waals surface area contributed by atoms with Crippen LogP contribution >= 0.6 is 0 Å². The van der Waals surface area contributed by atoms with Crippen molar-refractivity contribution in [2.24, 2.45) is 15.4 Å². The van der Waals surface area contributed by atoms with Crippen LogP contribution in [0.5, 0.6) is 5.75 Å². The number of hydrogen-bond acceptors (Lipinski definition) is 8. The largest absolute Gasteiger partial charge is 0.435 e. The molecule has 6 rings (SSSR count). The van der Waals surface area contributed by atoms with Gasteiger partial charge in [-0.3, -0.25) is 19.4 Å². The zero-order valence-electron chi connectivity index (χ0n) is 21.8. The lowest BCUT2D eigenvalue weighted by atomic mass is 9.98. The van der Waals surface area contributed by atoms with Crippen molar-refractivity contribution in [2.75, 3.05) is 11.4 Å². The Bertz CT molecular complexity index is 1550. The van der Waals surface area contributed by atoms with Crippen LogP contribution in [0.2, 0.25) is 0 Å². The monoisotopic (exact) mass is 558 g/mol. The molecule has 0 spiro atoms. The van der Waals surface area contributed by atoms with Crippen molar-refractivity contribution in [3.05, 3.63) is 95.6 Å². The van der Waals surface area contributed by atoms with Gasteiger partial charge in [0.1, 0.15) is 12.3 Å². The predicted octanol–water partition coefficient (Wildman–Crippen LogP) is 4.27. The Kier molecular flexibility index (Phi) is 6.73. The first-order valence-corrected chi connectivity index (χ1v) is 12.9. The van der Waals surface area contributed by atoms with Gasteiger partial charge in [-0.1, -0.05) is 53.3 Å². The van der Waals surface area contributed by atoms with Crippen molar-refractivity contribution in [3.8, 4) is 5.75 Å². The maximum absolute atomic E-state index is 13.7. The molecule has 0 unspecified atom stereocenters. The molecule has 3 aliphatic rings. The molecule has 0 saturated carbocycles. The van der Waals surface area contributed by atoms with Gasteiger partial charge in [0.05, 0.1) is 17.4 Å². The zero-order valence-corrected chi connectivity index (χ0v) is 21.8. The molecule has 1 fully saturated rings. The molecule has 3 amide bonds. The number of carbonyl (C=O) groups is 3. The fourth-order valence-electron chi connectivity index (χ4n) is 5.19. The third kappa shape index (κ3) is 4.92. The Morgan fingerprint density at radius 3 is 2.37 bits per heavy atom. The molecule has 3 aliphatic heterocycles. The molecule has 3 heterocycles. The Balaban J connectivity index is 1.23. The molecule has 12 heteroatoms. The quantitative estimate of drug-likeness (QED) is 0.403. The van der Waals surface area contributed by atoms with Gasteiger partial charge in [0.25, 0.3) is 17.7 Å². The SMILES string of the molecule is Cc1ccc(N2C(=O)[C@H]3N=NN(CC(=O)N4N=C(c5ccc(OC(F)F)cc5)C[C@H]4c4ccccc4)[C@H]3C2=O)cc1. The van der Waals surface area contributed by atoms with Crippen LogP contribution in [0.4, 0.5) is 14.5 Å². The number of alkyl halides is 2. The highest BCUT2D eigenvalue weighted by molar-refractivity contribution is 6.25. The summed E-state index contributed by atoms with van der Waals surface area (Å²) >= 11 is 0. The standard InChI is InChI=1S/C29H24F2N6O4/c1-17-7-11-20(12-8-17)36-27(39)25-26(28(36)40)35(34-32-25)16-24(38)37-23(19-5-3-2-4-6-19)15-22(33-37)18-9-13-21(14-10-18)41-29(30)31/h2-14,23,25-26,29H,15-16H2,1H3/t23-,25-,26+/m0/s1. The van der Waals surface area contributed by atoms with Crippen molar-refractivity contribution < 1.29 is 27.9 Å². The fraction of sp³-hybridized carbons (Fsp3) is 0.241. The lowest BCUT2D eigenvalue weighted by Gasteiger charge is -2.25. The van der Waals surface area contributed by atoms with Gasteiger partial charge in [-0.25, -0.2) is 9.91 Å². The van der Waals surface area contributed by atoms with Crippen molar-refractivity contribution in [1.29, 1.82) is 0 Å². The maximum Gasteiger partial charge on any atom is 0.387 e. The van der Waals surface area contributed by atoms with E-state index in [1.807, 2.05) is 37.3 Å². The molecule has 0 bridgehead atoms. The van der Waals surface area contributed by atoms with Crippen LogP contribution in [-0.4, -0.2) is 58.7 Å². The Hall–Kier alpha value is -5.00. The van der Waals surface area contributed by atoms with Gasteiger partial charge in [0.15, 0.2) is 12.1 Å². The van der Waals surface area contributed by atoms with Gasteiger partial charge in [0.2, 0.25) is 0 Å². The summed E-state index contributed by atoms with van der Waals surface area (Å²) in [6, 6.07) is 19.9. The minimum atomic E-state index is -2.94. The number of ether oxygens (including phenoxy) is 1. The number of benzene rings is 3. The van der Waals surface area contributed by atoms with Crippen LogP contribution in [0.3, 0.4) is 0 Å². The normalized spacial score (nSPS) is 21.6. The van der Waals surface area contributed by atoms with Gasteiger partial charge in [-0.15, -0.1) is 0 Å². The molecular weight excluding hydrogens is 534 g/mol. The molecule has 0 N–H and O–H groups in total. The number of carbonyl (C=O) groups excluding carboxylic acids is 3. The van der Waals surface area contributed by atoms with Crippen LogP contribution in [0, 0.1) is 6.92 Å². The highest BCUT2D eigenvalue weighted by Crippen LogP contribution is 2.35. The molecule has 10 nitrogen and oxygen atoms in total. The second-order valence-electron chi connectivity index (χ2n) is 9.86. The Morgan fingerprint density at radius 2 is 1.68 bits per heavy atom. The summed E-state index contributed by atoms with van der Waals surface area (Å²) in [5.41, 5.74) is 3.49. The topological polar surface area (TPSA) is 107 Å². The average Bonchev–Trinajstić information content (AvgIpc) is 3.65. The number of amides is 3. The molecular formula is C29H24F2N6O4. The van der Waals surface area contributed by atoms with Gasteiger partial charge in [-0.2, -0.15) is 19.0 Å². The van der Waals surface area contributed by atoms with E-state index >= 15 is 0 Å². The number of nitrogens with zero attached hydrogens (tertiary/aromatic N) is 6. The number of aryl methyl sites for hydroxylation is 1. The minimum Gasteiger partial charge on any atom is -0.435 e. The average molecular weight is 559 g/mol. The van der Waals surface area contributed by atoms with Crippen LogP contribution in [0.25, 0.3) is 0 Å². The van der Waals surface area contributed by atoms with E-state index in [2.05, 4.69) is 20.2 Å². The molecule has 3 aromatic rings. The van der Waals surface area contributed by atoms with Gasteiger partial charge in [-0.05, 0) is 54.4 Å². The molecule has 0 radical (unpaired) electrons. The van der Waals surface area contributed by atoms with Crippen LogP contribution in [-0.2, 0) is 14.4 Å². The van der Waals surface area contributed by atoms with Crippen molar-refractivity contribution in [2.45, 2.75) is 38.1 Å². The Morgan fingerprint density at radius 1 is 0.976 bits per heavy atom. The lowest BCUT2D eigenvalue weighted by molar-refractivity contribution is -0.135. The van der Waals surface area contributed by atoms with Crippen LogP contribution in [0.15, 0.2) is 94.3 Å². The summed E-state index contributed by atoms with van der Waals surface area (Å²) in [6.45, 7) is -1.36. The third-order valence-electron chi connectivity index (χ3n) is 7.21. The summed E-state index contributed by atoms with van der Waals surface area (Å²) in [5, 5.41) is 15.2. The third-order valence-corrected chi connectivity index (χ3v) is 7.21. The highest BCUT2D eigenvalue weighted by atomic mass is 19.3. The number of hydrogen-bond donors (Lipinski definition) is 0. The minimum absolute atomic E-state index is 0.0132. The lowest BCUT2D eigenvalue weighted by Crippen LogP contribution is -2.44. The van der Waals surface area contributed by atoms with E-state index in [4.69, 9.17) is 0 Å². The number of fused-ring (bicyclic) bond motifs is 1. The first kappa shape index (κ1) is 26.2. The Labute approximate surface area is 233 Å². The van der Waals surface area contributed by atoms with E-state index < -0.39 is 42.5 Å². The fourth-order valence-corrected chi connectivity index (χ4v) is 5.19. The predicted molar refractivity (Wildman–Crippen MR) is 143 cm³/mol. The van der Waals surface area contributed by atoms with E-state index in [0.29, 0.717) is 23.4 Å². The van der Waals surface area contributed by atoms with E-state index in [1.165, 1.54) is 22.2 Å². The summed E-state index contributed by atoms with van der Waals surface area (Å²) in [6.07, 6.45) is 0.372. The smallest absolute Gasteiger partial charge is 0.387 e. The van der Waals surface area contributed by atoms with E-state index in [-0.39, 0.29) is 12.3 Å². The molecule has 3 aromatic carbocycles. The number of imide groups is 1. The summed E-state index contributed by atoms with van der Waals surface area (Å²) in [5.74, 6) is -1.43. The van der Waals surface area contributed by atoms with Crippen molar-refractivity contribution >= 4 is 29.1 Å². The van der Waals surface area contributed by atoms with Crippen LogP contribution < -0.4 is 9.64 Å². The van der Waals surface area contributed by atoms with Crippen molar-refractivity contribution in [1.82, 2.24) is 10.0 Å². The summed E-state index contributed by atoms with van der Waals surface area (Å²) in [7, 11) is 0. The summed E-state index contributed by atoms with van der Waals surface area (Å²) < 4.78 is 29.6. The molecule has 1 saturated heterocycles. The first-order chi connectivity index (χ1) is 19.8. The number of anilines is 1. The molecule has 41 heavy (non-hydrogen) atoms. The summed E-state index contributed by atoms with van der Waals surface area (Å²) in [4.78, 5) is 41.1. The number of hydrazone groups is 1. The maximum atomic E-state index is 13.7. The van der Waals surface area contributed by atoms with Crippen LogP contribution in [0.1, 0.15) is 29.2 Å². The van der Waals surface area contributed by atoms with Gasteiger partial charge >= 0.3 is 6.61 Å². The molecule has 0 aliphatic carbocycles. The number of halogens is 2. The molecule has 208 valence electrons. The van der Waals surface area contributed by atoms with E-state index in [9.17, 15) is 23.2 Å². The first-order valence-electron chi connectivity index (χ1n) is 12.9. The number of rotatable bonds is 7. The van der Waals surface area contributed by atoms with E-state index in [0.717, 1.165) is 16.0 Å². The molecule has 0 aromatic heterocycles. The van der Waals surface area contributed by atoms with E-state index in [1.54, 1.807) is 36.4 Å². The second-order valence-corrected chi connectivity index (χ2v) is 9.86. The second kappa shape index (κ2) is 10.5. The van der Waals surface area contributed by atoms with Gasteiger partial charge < -0.3 is 4.74 Å². The zero-order chi connectivity index (χ0) is 28.7. The molecule has 3 atom stereocenters.